The van der Waals surface area contributed by atoms with Crippen molar-refractivity contribution in [3.63, 3.8) is 0 Å². The van der Waals surface area contributed by atoms with Gasteiger partial charge in [-0.1, -0.05) is 41.6 Å². The molecule has 0 N–H and O–H groups in total. The zero-order chi connectivity index (χ0) is 14.2. The monoisotopic (exact) mass is 360 g/mol. The standard InChI is InChI=1S/C16H19BrClFO/c17-11-7-12(19)9-13(8-11)20-15-10-14(18)16(15)5-3-1-2-4-6-16/h7-9,14-15H,1-6,10H2. The van der Waals surface area contributed by atoms with Crippen LogP contribution in [0.25, 0.3) is 0 Å². The van der Waals surface area contributed by atoms with E-state index in [2.05, 4.69) is 15.9 Å². The summed E-state index contributed by atoms with van der Waals surface area (Å²) in [6.45, 7) is 0. The van der Waals surface area contributed by atoms with Crippen LogP contribution in [0.1, 0.15) is 44.9 Å². The van der Waals surface area contributed by atoms with Crippen LogP contribution in [-0.2, 0) is 0 Å². The van der Waals surface area contributed by atoms with Crippen LogP contribution in [0.2, 0.25) is 0 Å². The van der Waals surface area contributed by atoms with Gasteiger partial charge in [-0.05, 0) is 25.0 Å². The SMILES string of the molecule is Fc1cc(Br)cc(OC2CC(Cl)C23CCCCCC3)c1. The summed E-state index contributed by atoms with van der Waals surface area (Å²) in [6.07, 6.45) is 8.34. The van der Waals surface area contributed by atoms with Gasteiger partial charge in [-0.25, -0.2) is 4.39 Å². The molecule has 1 nitrogen and oxygen atoms in total. The predicted molar refractivity (Wildman–Crippen MR) is 82.9 cm³/mol. The fourth-order valence-electron chi connectivity index (χ4n) is 3.65. The van der Waals surface area contributed by atoms with Crippen molar-refractivity contribution in [3.05, 3.63) is 28.5 Å². The highest BCUT2D eigenvalue weighted by molar-refractivity contribution is 9.10. The molecule has 0 heterocycles. The first kappa shape index (κ1) is 14.6. The van der Waals surface area contributed by atoms with Gasteiger partial charge in [-0.2, -0.15) is 0 Å². The summed E-state index contributed by atoms with van der Waals surface area (Å²) in [4.78, 5) is 0. The first-order chi connectivity index (χ1) is 9.60. The second-order valence-electron chi connectivity index (χ2n) is 6.06. The number of alkyl halides is 1. The van der Waals surface area contributed by atoms with Crippen LogP contribution in [0, 0.1) is 11.2 Å². The molecule has 1 aromatic rings. The third-order valence-electron chi connectivity index (χ3n) is 4.83. The van der Waals surface area contributed by atoms with E-state index in [4.69, 9.17) is 16.3 Å². The van der Waals surface area contributed by atoms with E-state index in [0.29, 0.717) is 10.2 Å². The Hall–Kier alpha value is -0.280. The van der Waals surface area contributed by atoms with Crippen LogP contribution in [0.4, 0.5) is 4.39 Å². The Labute approximate surface area is 133 Å². The maximum atomic E-state index is 13.4. The van der Waals surface area contributed by atoms with Crippen molar-refractivity contribution < 1.29 is 9.13 Å². The van der Waals surface area contributed by atoms with E-state index in [-0.39, 0.29) is 22.7 Å². The van der Waals surface area contributed by atoms with E-state index in [0.717, 1.165) is 19.3 Å². The highest BCUT2D eigenvalue weighted by Gasteiger charge is 2.55. The highest BCUT2D eigenvalue weighted by Crippen LogP contribution is 2.55. The fraction of sp³-hybridized carbons (Fsp3) is 0.625. The molecule has 3 rings (SSSR count). The van der Waals surface area contributed by atoms with Gasteiger partial charge in [0.25, 0.3) is 0 Å². The van der Waals surface area contributed by atoms with Gasteiger partial charge in [0.1, 0.15) is 17.7 Å². The molecular weight excluding hydrogens is 343 g/mol. The maximum Gasteiger partial charge on any atom is 0.128 e. The van der Waals surface area contributed by atoms with Crippen LogP contribution in [0.5, 0.6) is 5.75 Å². The van der Waals surface area contributed by atoms with E-state index in [9.17, 15) is 4.39 Å². The lowest BCUT2D eigenvalue weighted by atomic mass is 9.61. The van der Waals surface area contributed by atoms with Crippen LogP contribution < -0.4 is 4.74 Å². The van der Waals surface area contributed by atoms with E-state index in [1.807, 2.05) is 6.07 Å². The molecule has 2 aliphatic carbocycles. The van der Waals surface area contributed by atoms with E-state index < -0.39 is 0 Å². The molecule has 0 aromatic heterocycles. The molecule has 2 fully saturated rings. The van der Waals surface area contributed by atoms with Gasteiger partial charge < -0.3 is 4.74 Å². The van der Waals surface area contributed by atoms with Crippen LogP contribution in [-0.4, -0.2) is 11.5 Å². The smallest absolute Gasteiger partial charge is 0.128 e. The minimum Gasteiger partial charge on any atom is -0.490 e. The highest BCUT2D eigenvalue weighted by atomic mass is 79.9. The first-order valence-corrected chi connectivity index (χ1v) is 8.60. The molecule has 0 bridgehead atoms. The number of halogens is 3. The summed E-state index contributed by atoms with van der Waals surface area (Å²) in [5.74, 6) is 0.333. The Balaban J connectivity index is 1.76. The van der Waals surface area contributed by atoms with Crippen molar-refractivity contribution in [3.8, 4) is 5.75 Å². The summed E-state index contributed by atoms with van der Waals surface area (Å²) >= 11 is 9.83. The molecule has 1 spiro atoms. The van der Waals surface area contributed by atoms with Gasteiger partial charge in [0.2, 0.25) is 0 Å². The van der Waals surface area contributed by atoms with Crippen molar-refractivity contribution in [1.29, 1.82) is 0 Å². The number of rotatable bonds is 2. The van der Waals surface area contributed by atoms with Crippen LogP contribution in [0.15, 0.2) is 22.7 Å². The predicted octanol–water partition coefficient (Wildman–Crippen LogP) is 5.69. The Bertz CT molecular complexity index is 465. The Kier molecular flexibility index (Phi) is 4.28. The third-order valence-corrected chi connectivity index (χ3v) is 5.91. The van der Waals surface area contributed by atoms with Crippen molar-refractivity contribution >= 4 is 27.5 Å². The third kappa shape index (κ3) is 2.71. The molecule has 0 saturated heterocycles. The van der Waals surface area contributed by atoms with Gasteiger partial charge in [-0.15, -0.1) is 11.6 Å². The largest absolute Gasteiger partial charge is 0.490 e. The number of hydrogen-bond acceptors (Lipinski definition) is 1. The minimum atomic E-state index is -0.272. The average molecular weight is 362 g/mol. The number of ether oxygens (including phenoxy) is 1. The number of benzene rings is 1. The van der Waals surface area contributed by atoms with E-state index >= 15 is 0 Å². The molecular formula is C16H19BrClFO. The molecule has 2 saturated carbocycles. The summed E-state index contributed by atoms with van der Waals surface area (Å²) in [5.41, 5.74) is 0.108. The first-order valence-electron chi connectivity index (χ1n) is 7.37. The molecule has 2 aliphatic rings. The molecule has 4 heteroatoms. The lowest BCUT2D eigenvalue weighted by Gasteiger charge is -2.53. The zero-order valence-corrected chi connectivity index (χ0v) is 13.7. The maximum absolute atomic E-state index is 13.4. The number of hydrogen-bond donors (Lipinski definition) is 0. The van der Waals surface area contributed by atoms with Gasteiger partial charge in [0.05, 0.1) is 0 Å². The van der Waals surface area contributed by atoms with Gasteiger partial charge in [0, 0.05) is 27.8 Å². The minimum absolute atomic E-state index is 0.108. The zero-order valence-electron chi connectivity index (χ0n) is 11.4. The topological polar surface area (TPSA) is 9.23 Å². The van der Waals surface area contributed by atoms with Crippen molar-refractivity contribution in [2.45, 2.75) is 56.4 Å². The Morgan fingerprint density at radius 2 is 1.85 bits per heavy atom. The summed E-state index contributed by atoms with van der Waals surface area (Å²) in [5, 5.41) is 0.211. The molecule has 0 aliphatic heterocycles. The lowest BCUT2D eigenvalue weighted by molar-refractivity contribution is -0.0514. The summed E-state index contributed by atoms with van der Waals surface area (Å²) < 4.78 is 20.2. The fourth-order valence-corrected chi connectivity index (χ4v) is 4.61. The summed E-state index contributed by atoms with van der Waals surface area (Å²) in [6, 6.07) is 4.73. The van der Waals surface area contributed by atoms with Crippen molar-refractivity contribution in [1.82, 2.24) is 0 Å². The second kappa shape index (κ2) is 5.84. The molecule has 1 aromatic carbocycles. The molecule has 0 radical (unpaired) electrons. The lowest BCUT2D eigenvalue weighted by Crippen LogP contribution is -2.57. The molecule has 110 valence electrons. The van der Waals surface area contributed by atoms with Gasteiger partial charge in [-0.3, -0.25) is 0 Å². The van der Waals surface area contributed by atoms with Crippen molar-refractivity contribution in [2.24, 2.45) is 5.41 Å². The quantitative estimate of drug-likeness (QED) is 0.615. The Morgan fingerprint density at radius 3 is 2.45 bits per heavy atom. The average Bonchev–Trinajstić information content (AvgIpc) is 2.65. The van der Waals surface area contributed by atoms with Crippen molar-refractivity contribution in [2.75, 3.05) is 0 Å². The normalized spacial score (nSPS) is 28.8. The molecule has 0 amide bonds. The second-order valence-corrected chi connectivity index (χ2v) is 7.50. The van der Waals surface area contributed by atoms with Gasteiger partial charge >= 0.3 is 0 Å². The van der Waals surface area contributed by atoms with Crippen LogP contribution in [0.3, 0.4) is 0 Å². The van der Waals surface area contributed by atoms with Crippen LogP contribution >= 0.6 is 27.5 Å². The molecule has 2 unspecified atom stereocenters. The Morgan fingerprint density at radius 1 is 1.15 bits per heavy atom. The molecule has 20 heavy (non-hydrogen) atoms. The van der Waals surface area contributed by atoms with E-state index in [1.54, 1.807) is 0 Å². The van der Waals surface area contributed by atoms with Gasteiger partial charge in [0.15, 0.2) is 0 Å². The van der Waals surface area contributed by atoms with E-state index in [1.165, 1.54) is 37.8 Å². The molecule has 2 atom stereocenters. The summed E-state index contributed by atoms with van der Waals surface area (Å²) in [7, 11) is 0.